The van der Waals surface area contributed by atoms with Crippen molar-refractivity contribution in [1.82, 2.24) is 15.5 Å². The van der Waals surface area contributed by atoms with Gasteiger partial charge in [0.1, 0.15) is 5.75 Å². The van der Waals surface area contributed by atoms with Crippen LogP contribution < -0.4 is 15.4 Å². The molecule has 0 bridgehead atoms. The molecule has 1 aromatic carbocycles. The second-order valence-corrected chi connectivity index (χ2v) is 5.67. The Morgan fingerprint density at radius 3 is 2.32 bits per heavy atom. The fraction of sp³-hybridized carbons (Fsp3) is 0.632. The fourth-order valence-electron chi connectivity index (χ4n) is 2.48. The van der Waals surface area contributed by atoms with Gasteiger partial charge >= 0.3 is 0 Å². The van der Waals surface area contributed by atoms with Gasteiger partial charge in [0, 0.05) is 19.6 Å². The predicted octanol–water partition coefficient (Wildman–Crippen LogP) is 3.14. The molecule has 0 spiro atoms. The van der Waals surface area contributed by atoms with E-state index < -0.39 is 0 Å². The third-order valence-corrected chi connectivity index (χ3v) is 4.01. The Morgan fingerprint density at radius 2 is 1.76 bits per heavy atom. The van der Waals surface area contributed by atoms with Gasteiger partial charge < -0.3 is 20.3 Å². The van der Waals surface area contributed by atoms with E-state index in [4.69, 9.17) is 4.74 Å². The van der Waals surface area contributed by atoms with Crippen LogP contribution >= 0.6 is 24.0 Å². The molecule has 25 heavy (non-hydrogen) atoms. The van der Waals surface area contributed by atoms with Crippen molar-refractivity contribution in [2.45, 2.75) is 33.6 Å². The van der Waals surface area contributed by atoms with Gasteiger partial charge in [-0.05, 0) is 57.1 Å². The lowest BCUT2D eigenvalue weighted by Gasteiger charge is -2.17. The van der Waals surface area contributed by atoms with Crippen LogP contribution in [-0.4, -0.2) is 57.2 Å². The van der Waals surface area contributed by atoms with Crippen LogP contribution in [0.2, 0.25) is 0 Å². The monoisotopic (exact) mass is 462 g/mol. The minimum absolute atomic E-state index is 0. The van der Waals surface area contributed by atoms with Crippen LogP contribution in [0.5, 0.6) is 5.75 Å². The molecule has 144 valence electrons. The van der Waals surface area contributed by atoms with Crippen LogP contribution in [0.25, 0.3) is 0 Å². The summed E-state index contributed by atoms with van der Waals surface area (Å²) in [4.78, 5) is 7.09. The molecule has 5 nitrogen and oxygen atoms in total. The number of methoxy groups -OCH3 is 1. The molecule has 0 heterocycles. The van der Waals surface area contributed by atoms with E-state index in [9.17, 15) is 0 Å². The van der Waals surface area contributed by atoms with Gasteiger partial charge in [0.15, 0.2) is 5.96 Å². The lowest BCUT2D eigenvalue weighted by molar-refractivity contribution is 0.302. The summed E-state index contributed by atoms with van der Waals surface area (Å²) in [6.07, 6.45) is 2.06. The van der Waals surface area contributed by atoms with Crippen LogP contribution in [0.4, 0.5) is 0 Å². The Kier molecular flexibility index (Phi) is 14.6. The summed E-state index contributed by atoms with van der Waals surface area (Å²) in [5.41, 5.74) is 1.29. The largest absolute Gasteiger partial charge is 0.497 e. The average Bonchev–Trinajstić information content (AvgIpc) is 2.62. The van der Waals surface area contributed by atoms with Gasteiger partial charge in [-0.25, -0.2) is 0 Å². The molecule has 1 aromatic rings. The third kappa shape index (κ3) is 10.5. The number of guanidine groups is 1. The summed E-state index contributed by atoms with van der Waals surface area (Å²) in [5.74, 6) is 1.81. The van der Waals surface area contributed by atoms with Gasteiger partial charge in [-0.1, -0.05) is 26.0 Å². The van der Waals surface area contributed by atoms with Gasteiger partial charge in [0.2, 0.25) is 0 Å². The fourth-order valence-corrected chi connectivity index (χ4v) is 2.48. The highest BCUT2D eigenvalue weighted by Gasteiger charge is 2.00. The van der Waals surface area contributed by atoms with Crippen molar-refractivity contribution in [2.24, 2.45) is 4.99 Å². The normalized spacial score (nSPS) is 11.2. The molecule has 0 fully saturated rings. The zero-order valence-electron chi connectivity index (χ0n) is 16.2. The Morgan fingerprint density at radius 1 is 1.08 bits per heavy atom. The van der Waals surface area contributed by atoms with Crippen molar-refractivity contribution >= 4 is 29.9 Å². The first kappa shape index (κ1) is 24.0. The van der Waals surface area contributed by atoms with Crippen LogP contribution in [0.1, 0.15) is 32.8 Å². The van der Waals surface area contributed by atoms with E-state index in [2.05, 4.69) is 53.4 Å². The molecule has 0 saturated heterocycles. The van der Waals surface area contributed by atoms with E-state index in [1.807, 2.05) is 12.1 Å². The topological polar surface area (TPSA) is 48.9 Å². The molecule has 0 aliphatic carbocycles. The SMILES string of the molecule is CCNC(=NCCCN(CC)CC)NCCc1ccc(OC)cc1.I. The molecule has 0 aromatic heterocycles. The van der Waals surface area contributed by atoms with Crippen molar-refractivity contribution in [3.8, 4) is 5.75 Å². The van der Waals surface area contributed by atoms with E-state index in [0.717, 1.165) is 63.8 Å². The van der Waals surface area contributed by atoms with Gasteiger partial charge in [-0.2, -0.15) is 0 Å². The summed E-state index contributed by atoms with van der Waals surface area (Å²) >= 11 is 0. The summed E-state index contributed by atoms with van der Waals surface area (Å²) in [5, 5.41) is 6.72. The number of nitrogens with zero attached hydrogens (tertiary/aromatic N) is 2. The molecule has 0 atom stereocenters. The van der Waals surface area contributed by atoms with Crippen molar-refractivity contribution in [1.29, 1.82) is 0 Å². The van der Waals surface area contributed by atoms with E-state index in [1.54, 1.807) is 7.11 Å². The lowest BCUT2D eigenvalue weighted by Crippen LogP contribution is -2.38. The summed E-state index contributed by atoms with van der Waals surface area (Å²) in [6, 6.07) is 8.22. The Bertz CT molecular complexity index is 461. The predicted molar refractivity (Wildman–Crippen MR) is 118 cm³/mol. The highest BCUT2D eigenvalue weighted by molar-refractivity contribution is 14.0. The number of benzene rings is 1. The molecule has 6 heteroatoms. The number of ether oxygens (including phenoxy) is 1. The molecular weight excluding hydrogens is 427 g/mol. The zero-order chi connectivity index (χ0) is 17.6. The molecule has 0 saturated carbocycles. The van der Waals surface area contributed by atoms with Crippen molar-refractivity contribution < 1.29 is 4.74 Å². The molecule has 0 amide bonds. The first-order chi connectivity index (χ1) is 11.7. The van der Waals surface area contributed by atoms with Gasteiger partial charge in [0.25, 0.3) is 0 Å². The second kappa shape index (κ2) is 15.3. The number of halogens is 1. The van der Waals surface area contributed by atoms with Crippen LogP contribution in [0.15, 0.2) is 29.3 Å². The van der Waals surface area contributed by atoms with E-state index >= 15 is 0 Å². The maximum atomic E-state index is 5.18. The lowest BCUT2D eigenvalue weighted by atomic mass is 10.1. The quantitative estimate of drug-likeness (QED) is 0.230. The minimum atomic E-state index is 0. The maximum Gasteiger partial charge on any atom is 0.191 e. The minimum Gasteiger partial charge on any atom is -0.497 e. The number of aliphatic imine (C=N–C) groups is 1. The van der Waals surface area contributed by atoms with Crippen molar-refractivity contribution in [3.05, 3.63) is 29.8 Å². The second-order valence-electron chi connectivity index (χ2n) is 5.67. The highest BCUT2D eigenvalue weighted by atomic mass is 127. The van der Waals surface area contributed by atoms with Crippen LogP contribution in [0.3, 0.4) is 0 Å². The zero-order valence-corrected chi connectivity index (χ0v) is 18.5. The standard InChI is InChI=1S/C19H34N4O.HI/c1-5-20-19(21-14-8-16-23(6-2)7-3)22-15-13-17-9-11-18(24-4)12-10-17;/h9-12H,5-8,13-16H2,1-4H3,(H2,20,21,22);1H. The van der Waals surface area contributed by atoms with Gasteiger partial charge in [0.05, 0.1) is 7.11 Å². The number of hydrogen-bond acceptors (Lipinski definition) is 3. The molecular formula is C19H35IN4O. The van der Waals surface area contributed by atoms with Gasteiger partial charge in [-0.3, -0.25) is 4.99 Å². The van der Waals surface area contributed by atoms with Crippen molar-refractivity contribution in [2.75, 3.05) is 46.4 Å². The van der Waals surface area contributed by atoms with E-state index in [0.29, 0.717) is 0 Å². The molecule has 0 unspecified atom stereocenters. The molecule has 0 aliphatic heterocycles. The summed E-state index contributed by atoms with van der Waals surface area (Å²) in [6.45, 7) is 12.4. The number of nitrogens with one attached hydrogen (secondary N) is 2. The van der Waals surface area contributed by atoms with Gasteiger partial charge in [-0.15, -0.1) is 24.0 Å². The third-order valence-electron chi connectivity index (χ3n) is 4.01. The first-order valence-corrected chi connectivity index (χ1v) is 9.10. The molecule has 0 aliphatic rings. The van der Waals surface area contributed by atoms with E-state index in [1.165, 1.54) is 5.56 Å². The average molecular weight is 462 g/mol. The Hall–Kier alpha value is -1.02. The Balaban J connectivity index is 0.00000576. The van der Waals surface area contributed by atoms with Crippen LogP contribution in [0, 0.1) is 0 Å². The number of hydrogen-bond donors (Lipinski definition) is 2. The van der Waals surface area contributed by atoms with Crippen molar-refractivity contribution in [3.63, 3.8) is 0 Å². The maximum absolute atomic E-state index is 5.18. The molecule has 2 N–H and O–H groups in total. The smallest absolute Gasteiger partial charge is 0.191 e. The molecule has 1 rings (SSSR count). The first-order valence-electron chi connectivity index (χ1n) is 9.10. The van der Waals surface area contributed by atoms with Crippen LogP contribution in [-0.2, 0) is 6.42 Å². The van der Waals surface area contributed by atoms with E-state index in [-0.39, 0.29) is 24.0 Å². The summed E-state index contributed by atoms with van der Waals surface area (Å²) in [7, 11) is 1.69. The summed E-state index contributed by atoms with van der Waals surface area (Å²) < 4.78 is 5.18. The highest BCUT2D eigenvalue weighted by Crippen LogP contribution is 2.11. The Labute approximate surface area is 170 Å². The molecule has 0 radical (unpaired) electrons. The number of rotatable bonds is 11.